The van der Waals surface area contributed by atoms with Crippen molar-refractivity contribution in [1.29, 1.82) is 0 Å². The normalized spacial score (nSPS) is 10.3. The van der Waals surface area contributed by atoms with Crippen molar-refractivity contribution in [1.82, 2.24) is 15.0 Å². The van der Waals surface area contributed by atoms with E-state index in [0.717, 1.165) is 23.3 Å². The van der Waals surface area contributed by atoms with Crippen LogP contribution in [0.2, 0.25) is 0 Å². The van der Waals surface area contributed by atoms with Gasteiger partial charge in [0.05, 0.1) is 6.61 Å². The van der Waals surface area contributed by atoms with Crippen LogP contribution in [0.4, 0.5) is 5.95 Å². The summed E-state index contributed by atoms with van der Waals surface area (Å²) in [6, 6.07) is 6.46. The van der Waals surface area contributed by atoms with Crippen LogP contribution in [-0.4, -0.2) is 28.6 Å². The fourth-order valence-electron chi connectivity index (χ4n) is 1.67. The highest BCUT2D eigenvalue weighted by atomic mass is 16.5. The molecule has 0 aliphatic rings. The lowest BCUT2D eigenvalue weighted by molar-refractivity contribution is 0.285. The Balaban J connectivity index is 2.27. The minimum Gasteiger partial charge on any atom is -0.463 e. The van der Waals surface area contributed by atoms with Gasteiger partial charge in [-0.05, 0) is 37.5 Å². The van der Waals surface area contributed by atoms with E-state index in [1.54, 1.807) is 7.05 Å². The minimum atomic E-state index is 0.217. The third-order valence-corrected chi connectivity index (χ3v) is 2.80. The summed E-state index contributed by atoms with van der Waals surface area (Å²) >= 11 is 0. The van der Waals surface area contributed by atoms with Crippen LogP contribution in [0.3, 0.4) is 0 Å². The summed E-state index contributed by atoms with van der Waals surface area (Å²) in [6.45, 7) is 6.56. The second kappa shape index (κ2) is 6.88. The van der Waals surface area contributed by atoms with Crippen LogP contribution in [0.15, 0.2) is 18.2 Å². The molecule has 2 rings (SSSR count). The average molecular weight is 288 g/mol. The van der Waals surface area contributed by atoms with Crippen molar-refractivity contribution in [3.8, 4) is 17.8 Å². The van der Waals surface area contributed by atoms with Gasteiger partial charge in [-0.2, -0.15) is 9.97 Å². The van der Waals surface area contributed by atoms with E-state index in [0.29, 0.717) is 12.6 Å². The Morgan fingerprint density at radius 3 is 2.57 bits per heavy atom. The monoisotopic (exact) mass is 288 g/mol. The summed E-state index contributed by atoms with van der Waals surface area (Å²) < 4.78 is 11.2. The highest BCUT2D eigenvalue weighted by molar-refractivity contribution is 5.38. The number of rotatable bonds is 6. The largest absolute Gasteiger partial charge is 0.463 e. The highest BCUT2D eigenvalue weighted by Crippen LogP contribution is 2.25. The summed E-state index contributed by atoms with van der Waals surface area (Å²) in [5, 5.41) is 2.87. The molecule has 112 valence electrons. The molecule has 21 heavy (non-hydrogen) atoms. The second-order valence-electron chi connectivity index (χ2n) is 4.69. The van der Waals surface area contributed by atoms with Crippen LogP contribution < -0.4 is 14.8 Å². The Morgan fingerprint density at radius 1 is 1.10 bits per heavy atom. The van der Waals surface area contributed by atoms with Crippen LogP contribution >= 0.6 is 0 Å². The topological polar surface area (TPSA) is 69.2 Å². The van der Waals surface area contributed by atoms with Crippen molar-refractivity contribution in [3.05, 3.63) is 29.3 Å². The summed E-state index contributed by atoms with van der Waals surface area (Å²) in [4.78, 5) is 12.5. The van der Waals surface area contributed by atoms with Crippen LogP contribution in [0.25, 0.3) is 0 Å². The van der Waals surface area contributed by atoms with Crippen molar-refractivity contribution < 1.29 is 9.47 Å². The van der Waals surface area contributed by atoms with Crippen molar-refractivity contribution >= 4 is 5.95 Å². The Morgan fingerprint density at radius 2 is 1.86 bits per heavy atom. The molecule has 0 aliphatic heterocycles. The number of nitrogens with one attached hydrogen (secondary N) is 1. The van der Waals surface area contributed by atoms with E-state index in [2.05, 4.69) is 20.3 Å². The zero-order valence-electron chi connectivity index (χ0n) is 12.8. The van der Waals surface area contributed by atoms with Gasteiger partial charge in [-0.25, -0.2) is 0 Å². The van der Waals surface area contributed by atoms with E-state index in [9.17, 15) is 0 Å². The molecule has 1 aromatic heterocycles. The van der Waals surface area contributed by atoms with Gasteiger partial charge in [0, 0.05) is 7.05 Å². The predicted molar refractivity (Wildman–Crippen MR) is 81.1 cm³/mol. The smallest absolute Gasteiger partial charge is 0.330 e. The first-order valence-electron chi connectivity index (χ1n) is 6.94. The number of aryl methyl sites for hydroxylation is 2. The minimum absolute atomic E-state index is 0.217. The molecular formula is C15H20N4O2. The first kappa shape index (κ1) is 15.0. The second-order valence-corrected chi connectivity index (χ2v) is 4.69. The molecule has 1 heterocycles. The van der Waals surface area contributed by atoms with Gasteiger partial charge in [-0.15, -0.1) is 4.98 Å². The Hall–Kier alpha value is -2.37. The third kappa shape index (κ3) is 4.05. The van der Waals surface area contributed by atoms with E-state index in [1.807, 2.05) is 39.0 Å². The zero-order valence-corrected chi connectivity index (χ0v) is 12.8. The molecule has 6 heteroatoms. The van der Waals surface area contributed by atoms with Crippen LogP contribution in [0.1, 0.15) is 24.5 Å². The van der Waals surface area contributed by atoms with E-state index < -0.39 is 0 Å². The van der Waals surface area contributed by atoms with Crippen LogP contribution in [0, 0.1) is 13.8 Å². The Kier molecular flexibility index (Phi) is 4.92. The standard InChI is InChI=1S/C15H20N4O2/c1-5-8-20-14-17-13(16-4)18-15(19-14)21-12-9-10(2)6-7-11(12)3/h6-7,9H,5,8H2,1-4H3,(H,16,17,18,19). The first-order valence-corrected chi connectivity index (χ1v) is 6.94. The van der Waals surface area contributed by atoms with Gasteiger partial charge >= 0.3 is 12.0 Å². The number of nitrogens with zero attached hydrogens (tertiary/aromatic N) is 3. The molecule has 1 N–H and O–H groups in total. The number of ether oxygens (including phenoxy) is 2. The van der Waals surface area contributed by atoms with Crippen molar-refractivity contribution in [2.45, 2.75) is 27.2 Å². The van der Waals surface area contributed by atoms with Gasteiger partial charge in [0.2, 0.25) is 5.95 Å². The molecule has 0 fully saturated rings. The Bertz CT molecular complexity index is 617. The molecular weight excluding hydrogens is 268 g/mol. The van der Waals surface area contributed by atoms with E-state index >= 15 is 0 Å². The maximum absolute atomic E-state index is 5.77. The first-order chi connectivity index (χ1) is 10.1. The molecule has 0 saturated carbocycles. The molecule has 0 radical (unpaired) electrons. The van der Waals surface area contributed by atoms with Crippen molar-refractivity contribution in [2.75, 3.05) is 19.0 Å². The third-order valence-electron chi connectivity index (χ3n) is 2.80. The van der Waals surface area contributed by atoms with Gasteiger partial charge in [0.25, 0.3) is 0 Å². The molecule has 0 atom stereocenters. The fraction of sp³-hybridized carbons (Fsp3) is 0.400. The molecule has 2 aromatic rings. The zero-order chi connectivity index (χ0) is 15.2. The molecule has 0 unspecified atom stereocenters. The number of hydrogen-bond donors (Lipinski definition) is 1. The average Bonchev–Trinajstić information content (AvgIpc) is 2.48. The molecule has 0 aliphatic carbocycles. The summed E-state index contributed by atoms with van der Waals surface area (Å²) in [6.07, 6.45) is 0.883. The molecule has 1 aromatic carbocycles. The Labute approximate surface area is 124 Å². The van der Waals surface area contributed by atoms with Crippen LogP contribution in [-0.2, 0) is 0 Å². The van der Waals surface area contributed by atoms with Gasteiger partial charge in [0.15, 0.2) is 0 Å². The van der Waals surface area contributed by atoms with E-state index in [-0.39, 0.29) is 12.0 Å². The summed E-state index contributed by atoms with van der Waals surface area (Å²) in [5.74, 6) is 1.14. The number of aromatic nitrogens is 3. The highest BCUT2D eigenvalue weighted by Gasteiger charge is 2.10. The summed E-state index contributed by atoms with van der Waals surface area (Å²) in [7, 11) is 1.74. The summed E-state index contributed by atoms with van der Waals surface area (Å²) in [5.41, 5.74) is 2.13. The van der Waals surface area contributed by atoms with Crippen LogP contribution in [0.5, 0.6) is 17.8 Å². The number of anilines is 1. The maximum Gasteiger partial charge on any atom is 0.330 e. The predicted octanol–water partition coefficient (Wildman–Crippen LogP) is 3.11. The molecule has 0 spiro atoms. The quantitative estimate of drug-likeness (QED) is 0.880. The van der Waals surface area contributed by atoms with E-state index in [1.165, 1.54) is 0 Å². The molecule has 6 nitrogen and oxygen atoms in total. The van der Waals surface area contributed by atoms with E-state index in [4.69, 9.17) is 9.47 Å². The number of benzene rings is 1. The van der Waals surface area contributed by atoms with Gasteiger partial charge in [-0.1, -0.05) is 19.1 Å². The molecule has 0 bridgehead atoms. The fourth-order valence-corrected chi connectivity index (χ4v) is 1.67. The van der Waals surface area contributed by atoms with Crippen molar-refractivity contribution in [2.24, 2.45) is 0 Å². The van der Waals surface area contributed by atoms with Crippen molar-refractivity contribution in [3.63, 3.8) is 0 Å². The lowest BCUT2D eigenvalue weighted by Gasteiger charge is -2.10. The lowest BCUT2D eigenvalue weighted by Crippen LogP contribution is -2.06. The van der Waals surface area contributed by atoms with Gasteiger partial charge in [-0.3, -0.25) is 0 Å². The molecule has 0 saturated heterocycles. The molecule has 0 amide bonds. The lowest BCUT2D eigenvalue weighted by atomic mass is 10.1. The maximum atomic E-state index is 5.77. The number of hydrogen-bond acceptors (Lipinski definition) is 6. The van der Waals surface area contributed by atoms with Gasteiger partial charge < -0.3 is 14.8 Å². The SMILES string of the molecule is CCCOc1nc(NC)nc(Oc2cc(C)ccc2C)n1. The van der Waals surface area contributed by atoms with Gasteiger partial charge in [0.1, 0.15) is 5.75 Å².